The lowest BCUT2D eigenvalue weighted by Gasteiger charge is -2.32. The highest BCUT2D eigenvalue weighted by atomic mass is 16.5. The summed E-state index contributed by atoms with van der Waals surface area (Å²) in [4.78, 5) is 10.8. The fourth-order valence-corrected chi connectivity index (χ4v) is 3.03. The van der Waals surface area contributed by atoms with Crippen LogP contribution in [0.4, 0.5) is 5.69 Å². The van der Waals surface area contributed by atoms with Crippen molar-refractivity contribution < 1.29 is 9.53 Å². The van der Waals surface area contributed by atoms with E-state index in [9.17, 15) is 4.79 Å². The fraction of sp³-hybridized carbons (Fsp3) is 0.588. The van der Waals surface area contributed by atoms with E-state index in [4.69, 9.17) is 10.5 Å². The van der Waals surface area contributed by atoms with Crippen molar-refractivity contribution in [1.82, 2.24) is 0 Å². The molecule has 0 bridgehead atoms. The lowest BCUT2D eigenvalue weighted by molar-refractivity contribution is -0.119. The first-order valence-corrected chi connectivity index (χ1v) is 7.82. The largest absolute Gasteiger partial charge is 0.484 e. The Morgan fingerprint density at radius 1 is 1.43 bits per heavy atom. The number of carbonyl (C=O) groups is 1. The van der Waals surface area contributed by atoms with Crippen molar-refractivity contribution in [3.8, 4) is 5.75 Å². The molecule has 2 atom stereocenters. The van der Waals surface area contributed by atoms with Gasteiger partial charge in [0.15, 0.2) is 6.61 Å². The van der Waals surface area contributed by atoms with Gasteiger partial charge in [0.25, 0.3) is 5.91 Å². The van der Waals surface area contributed by atoms with Gasteiger partial charge < -0.3 is 15.8 Å². The predicted molar refractivity (Wildman–Crippen MR) is 85.3 cm³/mol. The van der Waals surface area contributed by atoms with E-state index < -0.39 is 5.91 Å². The lowest BCUT2D eigenvalue weighted by atomic mass is 9.79. The van der Waals surface area contributed by atoms with Crippen LogP contribution in [0, 0.1) is 11.8 Å². The molecule has 3 N–H and O–H groups in total. The molecular weight excluding hydrogens is 264 g/mol. The highest BCUT2D eigenvalue weighted by Crippen LogP contribution is 2.32. The third-order valence-corrected chi connectivity index (χ3v) is 4.24. The number of hydrogen-bond acceptors (Lipinski definition) is 3. The first-order chi connectivity index (χ1) is 10.0. The zero-order valence-electron chi connectivity index (χ0n) is 13.0. The summed E-state index contributed by atoms with van der Waals surface area (Å²) in [6, 6.07) is 8.27. The van der Waals surface area contributed by atoms with E-state index in [2.05, 4.69) is 19.2 Å². The van der Waals surface area contributed by atoms with Gasteiger partial charge >= 0.3 is 0 Å². The van der Waals surface area contributed by atoms with Gasteiger partial charge in [0, 0.05) is 17.8 Å². The first kappa shape index (κ1) is 15.7. The molecule has 21 heavy (non-hydrogen) atoms. The van der Waals surface area contributed by atoms with Gasteiger partial charge in [-0.25, -0.2) is 0 Å². The van der Waals surface area contributed by atoms with Crippen LogP contribution in [0.5, 0.6) is 5.75 Å². The maximum atomic E-state index is 10.8. The number of primary amides is 1. The summed E-state index contributed by atoms with van der Waals surface area (Å²) in [6.07, 6.45) is 5.08. The number of anilines is 1. The minimum Gasteiger partial charge on any atom is -0.484 e. The molecule has 1 aliphatic carbocycles. The van der Waals surface area contributed by atoms with Crippen LogP contribution in [-0.4, -0.2) is 18.6 Å². The average molecular weight is 290 g/mol. The Bertz CT molecular complexity index is 474. The molecular formula is C17H26N2O2. The Hall–Kier alpha value is -1.71. The first-order valence-electron chi connectivity index (χ1n) is 7.82. The summed E-state index contributed by atoms with van der Waals surface area (Å²) in [5, 5.41) is 3.60. The average Bonchev–Trinajstić information content (AvgIpc) is 2.46. The van der Waals surface area contributed by atoms with E-state index in [1.807, 2.05) is 24.3 Å². The smallest absolute Gasteiger partial charge is 0.255 e. The van der Waals surface area contributed by atoms with Crippen molar-refractivity contribution in [3.63, 3.8) is 0 Å². The molecule has 1 amide bonds. The van der Waals surface area contributed by atoms with Crippen LogP contribution in [0.15, 0.2) is 24.3 Å². The van der Waals surface area contributed by atoms with Crippen molar-refractivity contribution in [2.24, 2.45) is 17.6 Å². The molecule has 0 spiro atoms. The van der Waals surface area contributed by atoms with Crippen molar-refractivity contribution in [2.45, 2.75) is 45.6 Å². The molecule has 2 unspecified atom stereocenters. The summed E-state index contributed by atoms with van der Waals surface area (Å²) in [7, 11) is 0. The summed E-state index contributed by atoms with van der Waals surface area (Å²) in [5.41, 5.74) is 6.14. The second-order valence-electron chi connectivity index (χ2n) is 6.29. The van der Waals surface area contributed by atoms with E-state index in [1.54, 1.807) is 0 Å². The summed E-state index contributed by atoms with van der Waals surface area (Å²) < 4.78 is 5.34. The zero-order valence-corrected chi connectivity index (χ0v) is 13.0. The number of benzene rings is 1. The predicted octanol–water partition coefficient (Wildman–Crippen LogP) is 3.18. The minimum absolute atomic E-state index is 0.0810. The van der Waals surface area contributed by atoms with Crippen LogP contribution in [0.3, 0.4) is 0 Å². The van der Waals surface area contributed by atoms with Gasteiger partial charge in [0.05, 0.1) is 0 Å². The molecule has 0 saturated heterocycles. The van der Waals surface area contributed by atoms with E-state index in [-0.39, 0.29) is 6.61 Å². The number of nitrogens with one attached hydrogen (secondary N) is 1. The highest BCUT2D eigenvalue weighted by molar-refractivity contribution is 5.75. The quantitative estimate of drug-likeness (QED) is 0.845. The SMILES string of the molecule is CC(C)C1CCCC(Nc2cccc(OCC(N)=O)c2)C1. The molecule has 1 aromatic rings. The third-order valence-electron chi connectivity index (χ3n) is 4.24. The number of rotatable bonds is 6. The number of amides is 1. The Morgan fingerprint density at radius 3 is 2.95 bits per heavy atom. The maximum Gasteiger partial charge on any atom is 0.255 e. The molecule has 0 aliphatic heterocycles. The van der Waals surface area contributed by atoms with E-state index >= 15 is 0 Å². The molecule has 1 aromatic carbocycles. The molecule has 0 radical (unpaired) electrons. The van der Waals surface area contributed by atoms with Crippen LogP contribution < -0.4 is 15.8 Å². The van der Waals surface area contributed by atoms with Crippen LogP contribution >= 0.6 is 0 Å². The molecule has 0 heterocycles. The van der Waals surface area contributed by atoms with Gasteiger partial charge in [-0.05, 0) is 36.8 Å². The summed E-state index contributed by atoms with van der Waals surface area (Å²) in [5.74, 6) is 1.78. The Morgan fingerprint density at radius 2 is 2.24 bits per heavy atom. The van der Waals surface area contributed by atoms with E-state index in [0.717, 1.165) is 17.5 Å². The molecule has 116 valence electrons. The molecule has 1 saturated carbocycles. The Balaban J connectivity index is 1.92. The van der Waals surface area contributed by atoms with Gasteiger partial charge in [-0.3, -0.25) is 4.79 Å². The van der Waals surface area contributed by atoms with Gasteiger partial charge in [0.1, 0.15) is 5.75 Å². The fourth-order valence-electron chi connectivity index (χ4n) is 3.03. The van der Waals surface area contributed by atoms with Crippen LogP contribution in [0.25, 0.3) is 0 Å². The van der Waals surface area contributed by atoms with Gasteiger partial charge in [-0.2, -0.15) is 0 Å². The number of nitrogens with two attached hydrogens (primary N) is 1. The Labute approximate surface area is 127 Å². The van der Waals surface area contributed by atoms with Gasteiger partial charge in [0.2, 0.25) is 0 Å². The van der Waals surface area contributed by atoms with Crippen LogP contribution in [0.1, 0.15) is 39.5 Å². The summed E-state index contributed by atoms with van der Waals surface area (Å²) in [6.45, 7) is 4.54. The third kappa shape index (κ3) is 4.96. The molecule has 1 fully saturated rings. The lowest BCUT2D eigenvalue weighted by Crippen LogP contribution is -2.29. The molecule has 2 rings (SSSR count). The Kier molecular flexibility index (Phi) is 5.48. The number of ether oxygens (including phenoxy) is 1. The highest BCUT2D eigenvalue weighted by Gasteiger charge is 2.23. The second-order valence-corrected chi connectivity index (χ2v) is 6.29. The van der Waals surface area contributed by atoms with Gasteiger partial charge in [-0.1, -0.05) is 32.8 Å². The van der Waals surface area contributed by atoms with Crippen LogP contribution in [0.2, 0.25) is 0 Å². The molecule has 0 aromatic heterocycles. The van der Waals surface area contributed by atoms with Gasteiger partial charge in [-0.15, -0.1) is 0 Å². The molecule has 1 aliphatic rings. The minimum atomic E-state index is -0.458. The van der Waals surface area contributed by atoms with Crippen LogP contribution in [-0.2, 0) is 4.79 Å². The maximum absolute atomic E-state index is 10.8. The normalized spacial score (nSPS) is 22.0. The second kappa shape index (κ2) is 7.34. The topological polar surface area (TPSA) is 64.3 Å². The van der Waals surface area contributed by atoms with E-state index in [1.165, 1.54) is 25.7 Å². The van der Waals surface area contributed by atoms with Crippen molar-refractivity contribution >= 4 is 11.6 Å². The molecule has 4 nitrogen and oxygen atoms in total. The van der Waals surface area contributed by atoms with Crippen molar-refractivity contribution in [2.75, 3.05) is 11.9 Å². The van der Waals surface area contributed by atoms with E-state index in [0.29, 0.717) is 11.8 Å². The number of hydrogen-bond donors (Lipinski definition) is 2. The zero-order chi connectivity index (χ0) is 15.2. The van der Waals surface area contributed by atoms with Crippen molar-refractivity contribution in [3.05, 3.63) is 24.3 Å². The summed E-state index contributed by atoms with van der Waals surface area (Å²) >= 11 is 0. The monoisotopic (exact) mass is 290 g/mol. The number of carbonyl (C=O) groups excluding carboxylic acids is 1. The van der Waals surface area contributed by atoms with Crippen molar-refractivity contribution in [1.29, 1.82) is 0 Å². The standard InChI is InChI=1S/C17H26N2O2/c1-12(2)13-5-3-6-14(9-13)19-15-7-4-8-16(10-15)21-11-17(18)20/h4,7-8,10,12-14,19H,3,5-6,9,11H2,1-2H3,(H2,18,20). The molecule has 4 heteroatoms.